The molecule has 0 N–H and O–H groups in total. The molecule has 1 nitrogen and oxygen atoms in total. The monoisotopic (exact) mass is 245 g/mol. The number of hydrogen-bond acceptors (Lipinski definition) is 2. The Bertz CT molecular complexity index is 297. The number of nitrogens with zero attached hydrogens (tertiary/aromatic N) is 1. The van der Waals surface area contributed by atoms with Crippen molar-refractivity contribution in [1.82, 2.24) is 4.98 Å². The fraction of sp³-hybridized carbons (Fsp3) is 0.750. The van der Waals surface area contributed by atoms with Crippen LogP contribution in [0.5, 0.6) is 0 Å². The summed E-state index contributed by atoms with van der Waals surface area (Å²) in [6, 6.07) is 0. The van der Waals surface area contributed by atoms with Gasteiger partial charge in [-0.25, -0.2) is 4.98 Å². The molecule has 0 spiro atoms. The summed E-state index contributed by atoms with van der Waals surface area (Å²) >= 11 is 7.66. The van der Waals surface area contributed by atoms with E-state index in [-0.39, 0.29) is 5.41 Å². The maximum atomic E-state index is 5.89. The number of alkyl halides is 1. The highest BCUT2D eigenvalue weighted by atomic mass is 35.5. The first-order valence-electron chi connectivity index (χ1n) is 5.48. The Labute approximate surface area is 102 Å². The van der Waals surface area contributed by atoms with Crippen LogP contribution in [0.3, 0.4) is 0 Å². The van der Waals surface area contributed by atoms with E-state index in [1.807, 2.05) is 0 Å². The van der Waals surface area contributed by atoms with E-state index in [2.05, 4.69) is 38.1 Å². The van der Waals surface area contributed by atoms with Crippen LogP contribution < -0.4 is 0 Å². The molecule has 3 heteroatoms. The Hall–Kier alpha value is -0.0800. The quantitative estimate of drug-likeness (QED) is 0.723. The average molecular weight is 246 g/mol. The molecule has 1 unspecified atom stereocenters. The van der Waals surface area contributed by atoms with Crippen LogP contribution in [0.15, 0.2) is 5.38 Å². The van der Waals surface area contributed by atoms with Gasteiger partial charge in [-0.3, -0.25) is 0 Å². The third-order valence-electron chi connectivity index (χ3n) is 2.58. The number of halogens is 1. The van der Waals surface area contributed by atoms with Gasteiger partial charge < -0.3 is 0 Å². The summed E-state index contributed by atoms with van der Waals surface area (Å²) in [5.74, 6) is 1.31. The lowest BCUT2D eigenvalue weighted by Crippen LogP contribution is -2.12. The van der Waals surface area contributed by atoms with Crippen LogP contribution in [0.4, 0.5) is 0 Å². The second-order valence-electron chi connectivity index (χ2n) is 5.01. The van der Waals surface area contributed by atoms with E-state index < -0.39 is 0 Å². The molecule has 0 fully saturated rings. The van der Waals surface area contributed by atoms with E-state index in [0.29, 0.717) is 5.92 Å². The minimum atomic E-state index is 0.164. The first-order valence-corrected chi connectivity index (χ1v) is 6.89. The van der Waals surface area contributed by atoms with Gasteiger partial charge in [-0.15, -0.1) is 22.9 Å². The van der Waals surface area contributed by atoms with Crippen molar-refractivity contribution in [3.05, 3.63) is 16.1 Å². The normalized spacial score (nSPS) is 14.2. The van der Waals surface area contributed by atoms with Crippen LogP contribution in [0.1, 0.15) is 44.8 Å². The minimum absolute atomic E-state index is 0.164. The predicted molar refractivity (Wildman–Crippen MR) is 69.0 cm³/mol. The van der Waals surface area contributed by atoms with Crippen molar-refractivity contribution in [2.75, 3.05) is 5.88 Å². The number of aromatic nitrogens is 1. The first kappa shape index (κ1) is 13.0. The second kappa shape index (κ2) is 5.31. The molecule has 1 atom stereocenters. The van der Waals surface area contributed by atoms with Gasteiger partial charge in [-0.2, -0.15) is 0 Å². The molecular formula is C12H20ClNS. The molecule has 0 aliphatic rings. The Morgan fingerprint density at radius 3 is 2.53 bits per heavy atom. The third-order valence-corrected chi connectivity index (χ3v) is 3.89. The van der Waals surface area contributed by atoms with Crippen molar-refractivity contribution >= 4 is 22.9 Å². The zero-order chi connectivity index (χ0) is 11.5. The minimum Gasteiger partial charge on any atom is -0.246 e. The van der Waals surface area contributed by atoms with E-state index in [0.717, 1.165) is 18.7 Å². The van der Waals surface area contributed by atoms with Crippen molar-refractivity contribution < 1.29 is 0 Å². The molecule has 0 saturated carbocycles. The van der Waals surface area contributed by atoms with Gasteiger partial charge >= 0.3 is 0 Å². The van der Waals surface area contributed by atoms with E-state index >= 15 is 0 Å². The molecule has 0 aromatic carbocycles. The third kappa shape index (κ3) is 3.76. The summed E-state index contributed by atoms with van der Waals surface area (Å²) in [6.45, 7) is 8.78. The van der Waals surface area contributed by atoms with Gasteiger partial charge in [0.25, 0.3) is 0 Å². The van der Waals surface area contributed by atoms with Crippen molar-refractivity contribution in [2.45, 2.75) is 46.0 Å². The van der Waals surface area contributed by atoms with Crippen molar-refractivity contribution in [2.24, 2.45) is 5.92 Å². The Balaban J connectivity index is 2.68. The summed E-state index contributed by atoms with van der Waals surface area (Å²) in [5, 5.41) is 3.41. The molecule has 15 heavy (non-hydrogen) atoms. The molecule has 0 amide bonds. The number of thiazole rings is 1. The van der Waals surface area contributed by atoms with Crippen molar-refractivity contribution in [1.29, 1.82) is 0 Å². The van der Waals surface area contributed by atoms with Gasteiger partial charge in [-0.05, 0) is 5.92 Å². The summed E-state index contributed by atoms with van der Waals surface area (Å²) in [5.41, 5.74) is 1.36. The number of hydrogen-bond donors (Lipinski definition) is 0. The lowest BCUT2D eigenvalue weighted by atomic mass is 9.93. The van der Waals surface area contributed by atoms with Gasteiger partial charge in [0, 0.05) is 23.1 Å². The standard InChI is InChI=1S/C12H20ClNS/c1-5-9(7-13)6-11-14-10(8-15-11)12(2,3)4/h8-9H,5-7H2,1-4H3. The van der Waals surface area contributed by atoms with E-state index in [1.54, 1.807) is 11.3 Å². The zero-order valence-electron chi connectivity index (χ0n) is 10.0. The fourth-order valence-corrected chi connectivity index (χ4v) is 2.77. The largest absolute Gasteiger partial charge is 0.246 e. The second-order valence-corrected chi connectivity index (χ2v) is 6.26. The number of rotatable bonds is 4. The SMILES string of the molecule is CCC(CCl)Cc1nc(C(C)(C)C)cs1. The summed E-state index contributed by atoms with van der Waals surface area (Å²) in [4.78, 5) is 4.68. The maximum Gasteiger partial charge on any atom is 0.0931 e. The lowest BCUT2D eigenvalue weighted by Gasteiger charge is -2.14. The molecule has 0 aliphatic heterocycles. The lowest BCUT2D eigenvalue weighted by molar-refractivity contribution is 0.548. The van der Waals surface area contributed by atoms with Gasteiger partial charge in [-0.1, -0.05) is 34.1 Å². The summed E-state index contributed by atoms with van der Waals surface area (Å²) in [7, 11) is 0. The fourth-order valence-electron chi connectivity index (χ4n) is 1.30. The molecule has 0 aliphatic carbocycles. The maximum absolute atomic E-state index is 5.89. The molecule has 1 rings (SSSR count). The summed E-state index contributed by atoms with van der Waals surface area (Å²) < 4.78 is 0. The van der Waals surface area contributed by atoms with Crippen LogP contribution in [0, 0.1) is 5.92 Å². The van der Waals surface area contributed by atoms with Crippen LogP contribution in [-0.4, -0.2) is 10.9 Å². The van der Waals surface area contributed by atoms with Gasteiger partial charge in [0.2, 0.25) is 0 Å². The van der Waals surface area contributed by atoms with Crippen molar-refractivity contribution in [3.8, 4) is 0 Å². The van der Waals surface area contributed by atoms with Crippen LogP contribution in [-0.2, 0) is 11.8 Å². The summed E-state index contributed by atoms with van der Waals surface area (Å²) in [6.07, 6.45) is 2.16. The molecule has 0 bridgehead atoms. The Kier molecular flexibility index (Phi) is 4.60. The van der Waals surface area contributed by atoms with Crippen LogP contribution >= 0.6 is 22.9 Å². The van der Waals surface area contributed by atoms with Gasteiger partial charge in [0.05, 0.1) is 10.7 Å². The molecular weight excluding hydrogens is 226 g/mol. The molecule has 86 valence electrons. The van der Waals surface area contributed by atoms with Gasteiger partial charge in [0.15, 0.2) is 0 Å². The molecule has 1 aromatic heterocycles. The first-order chi connectivity index (χ1) is 6.97. The van der Waals surface area contributed by atoms with E-state index in [9.17, 15) is 0 Å². The highest BCUT2D eigenvalue weighted by molar-refractivity contribution is 7.09. The highest BCUT2D eigenvalue weighted by Gasteiger charge is 2.18. The highest BCUT2D eigenvalue weighted by Crippen LogP contribution is 2.25. The Morgan fingerprint density at radius 1 is 1.47 bits per heavy atom. The smallest absolute Gasteiger partial charge is 0.0931 e. The topological polar surface area (TPSA) is 12.9 Å². The van der Waals surface area contributed by atoms with Gasteiger partial charge in [0.1, 0.15) is 0 Å². The van der Waals surface area contributed by atoms with E-state index in [1.165, 1.54) is 10.7 Å². The van der Waals surface area contributed by atoms with Crippen molar-refractivity contribution in [3.63, 3.8) is 0 Å². The molecule has 1 heterocycles. The predicted octanol–water partition coefficient (Wildman–Crippen LogP) is 4.25. The average Bonchev–Trinajstić information content (AvgIpc) is 2.61. The molecule has 0 radical (unpaired) electrons. The zero-order valence-corrected chi connectivity index (χ0v) is 11.6. The molecule has 0 saturated heterocycles. The van der Waals surface area contributed by atoms with Crippen LogP contribution in [0.2, 0.25) is 0 Å². The Morgan fingerprint density at radius 2 is 2.13 bits per heavy atom. The molecule has 1 aromatic rings. The van der Waals surface area contributed by atoms with E-state index in [4.69, 9.17) is 11.6 Å². The van der Waals surface area contributed by atoms with Crippen LogP contribution in [0.25, 0.3) is 0 Å².